The zero-order chi connectivity index (χ0) is 14.7. The summed E-state index contributed by atoms with van der Waals surface area (Å²) in [6.07, 6.45) is 0. The van der Waals surface area contributed by atoms with Gasteiger partial charge in [0.1, 0.15) is 11.6 Å². The van der Waals surface area contributed by atoms with Crippen LogP contribution >= 0.6 is 0 Å². The van der Waals surface area contributed by atoms with Gasteiger partial charge in [0.2, 0.25) is 0 Å². The van der Waals surface area contributed by atoms with Crippen molar-refractivity contribution in [3.05, 3.63) is 56.7 Å². The van der Waals surface area contributed by atoms with Gasteiger partial charge < -0.3 is 9.84 Å². The first kappa shape index (κ1) is 14.1. The molecule has 0 aliphatic rings. The van der Waals surface area contributed by atoms with Gasteiger partial charge in [-0.15, -0.1) is 0 Å². The summed E-state index contributed by atoms with van der Waals surface area (Å²) < 4.78 is 18.2. The molecule has 1 aromatic heterocycles. The molecule has 0 bridgehead atoms. The molecule has 2 aromatic rings. The fraction of sp³-hybridized carbons (Fsp3) is 0.308. The largest absolute Gasteiger partial charge is 0.361 e. The molecule has 0 saturated carbocycles. The van der Waals surface area contributed by atoms with E-state index in [0.717, 1.165) is 17.3 Å². The molecule has 0 spiro atoms. The van der Waals surface area contributed by atoms with E-state index in [1.807, 2.05) is 6.92 Å². The quantitative estimate of drug-likeness (QED) is 0.672. The molecule has 0 aliphatic heterocycles. The van der Waals surface area contributed by atoms with Crippen molar-refractivity contribution in [1.29, 1.82) is 0 Å². The highest BCUT2D eigenvalue weighted by atomic mass is 19.1. The fourth-order valence-electron chi connectivity index (χ4n) is 1.95. The molecule has 0 aliphatic carbocycles. The third-order valence-corrected chi connectivity index (χ3v) is 3.04. The van der Waals surface area contributed by atoms with Crippen LogP contribution in [0.4, 0.5) is 10.1 Å². The normalized spacial score (nSPS) is 10.8. The molecule has 0 amide bonds. The minimum Gasteiger partial charge on any atom is -0.361 e. The van der Waals surface area contributed by atoms with E-state index in [-0.39, 0.29) is 12.2 Å². The van der Waals surface area contributed by atoms with Gasteiger partial charge in [0, 0.05) is 30.3 Å². The van der Waals surface area contributed by atoms with Gasteiger partial charge in [0.25, 0.3) is 5.69 Å². The maximum absolute atomic E-state index is 13.2. The van der Waals surface area contributed by atoms with Crippen molar-refractivity contribution >= 4 is 5.69 Å². The summed E-state index contributed by atoms with van der Waals surface area (Å²) in [4.78, 5) is 10.3. The molecule has 106 valence electrons. The lowest BCUT2D eigenvalue weighted by Gasteiger charge is -2.05. The Morgan fingerprint density at radius 3 is 2.75 bits per heavy atom. The molecule has 0 saturated heterocycles. The lowest BCUT2D eigenvalue weighted by atomic mass is 10.1. The maximum Gasteiger partial charge on any atom is 0.274 e. The Morgan fingerprint density at radius 1 is 1.40 bits per heavy atom. The number of hydrogen-bond acceptors (Lipinski definition) is 5. The van der Waals surface area contributed by atoms with Crippen LogP contribution in [0.25, 0.3) is 0 Å². The number of benzene rings is 1. The zero-order valence-electron chi connectivity index (χ0n) is 11.1. The minimum atomic E-state index is -0.521. The van der Waals surface area contributed by atoms with Crippen molar-refractivity contribution in [3.8, 4) is 0 Å². The molecule has 20 heavy (non-hydrogen) atoms. The highest BCUT2D eigenvalue weighted by Gasteiger charge is 2.15. The maximum atomic E-state index is 13.2. The highest BCUT2D eigenvalue weighted by molar-refractivity contribution is 5.40. The first-order chi connectivity index (χ1) is 9.49. The first-order valence-electron chi connectivity index (χ1n) is 6.04. The predicted octanol–water partition coefficient (Wildman–Crippen LogP) is 2.63. The van der Waals surface area contributed by atoms with Gasteiger partial charge >= 0.3 is 0 Å². The summed E-state index contributed by atoms with van der Waals surface area (Å²) in [6, 6.07) is 3.41. The Hall–Kier alpha value is -2.28. The number of halogens is 1. The summed E-state index contributed by atoms with van der Waals surface area (Å²) >= 11 is 0. The monoisotopic (exact) mass is 279 g/mol. The second kappa shape index (κ2) is 5.79. The van der Waals surface area contributed by atoms with Crippen LogP contribution in [0.15, 0.2) is 22.7 Å². The molecular weight excluding hydrogens is 265 g/mol. The van der Waals surface area contributed by atoms with Crippen molar-refractivity contribution in [1.82, 2.24) is 10.5 Å². The van der Waals surface area contributed by atoms with Gasteiger partial charge in [-0.3, -0.25) is 10.1 Å². The number of aromatic nitrogens is 1. The predicted molar refractivity (Wildman–Crippen MR) is 69.6 cm³/mol. The van der Waals surface area contributed by atoms with E-state index in [9.17, 15) is 14.5 Å². The van der Waals surface area contributed by atoms with Crippen LogP contribution in [0.3, 0.4) is 0 Å². The van der Waals surface area contributed by atoms with Crippen LogP contribution in [-0.4, -0.2) is 10.1 Å². The third-order valence-electron chi connectivity index (χ3n) is 3.04. The number of nitro groups is 1. The van der Waals surface area contributed by atoms with E-state index in [1.165, 1.54) is 12.1 Å². The topological polar surface area (TPSA) is 81.2 Å². The summed E-state index contributed by atoms with van der Waals surface area (Å²) in [5.41, 5.74) is 1.88. The van der Waals surface area contributed by atoms with Crippen molar-refractivity contribution in [3.63, 3.8) is 0 Å². The van der Waals surface area contributed by atoms with Gasteiger partial charge in [-0.05, 0) is 26.0 Å². The molecule has 7 heteroatoms. The van der Waals surface area contributed by atoms with Crippen molar-refractivity contribution in [2.45, 2.75) is 26.9 Å². The van der Waals surface area contributed by atoms with E-state index in [4.69, 9.17) is 4.52 Å². The van der Waals surface area contributed by atoms with E-state index >= 15 is 0 Å². The SMILES string of the molecule is Cc1noc(C)c1CNCc1cc(F)ccc1[N+](=O)[O-]. The van der Waals surface area contributed by atoms with E-state index in [0.29, 0.717) is 17.9 Å². The van der Waals surface area contributed by atoms with E-state index in [1.54, 1.807) is 6.92 Å². The van der Waals surface area contributed by atoms with E-state index < -0.39 is 10.7 Å². The standard InChI is InChI=1S/C13H14FN3O3/c1-8-12(9(2)20-16-8)7-15-6-10-5-11(14)3-4-13(10)17(18)19/h3-5,15H,6-7H2,1-2H3. The zero-order valence-corrected chi connectivity index (χ0v) is 11.1. The Bertz CT molecular complexity index is 620. The van der Waals surface area contributed by atoms with Gasteiger partial charge in [-0.2, -0.15) is 0 Å². The Balaban J connectivity index is 2.08. The van der Waals surface area contributed by atoms with Crippen molar-refractivity contribution in [2.24, 2.45) is 0 Å². The summed E-state index contributed by atoms with van der Waals surface area (Å²) in [5.74, 6) is 0.202. The Labute approximate surface area is 114 Å². The van der Waals surface area contributed by atoms with Crippen LogP contribution in [0.5, 0.6) is 0 Å². The molecule has 2 rings (SSSR count). The number of nitrogens with one attached hydrogen (secondary N) is 1. The lowest BCUT2D eigenvalue weighted by Crippen LogP contribution is -2.15. The number of aryl methyl sites for hydroxylation is 2. The van der Waals surface area contributed by atoms with Crippen LogP contribution in [0, 0.1) is 29.8 Å². The molecule has 1 aromatic carbocycles. The van der Waals surface area contributed by atoms with Crippen molar-refractivity contribution in [2.75, 3.05) is 0 Å². The van der Waals surface area contributed by atoms with Crippen LogP contribution in [0.2, 0.25) is 0 Å². The molecule has 0 fully saturated rings. The van der Waals surface area contributed by atoms with Crippen LogP contribution < -0.4 is 5.32 Å². The molecule has 0 atom stereocenters. The average Bonchev–Trinajstić information content (AvgIpc) is 2.70. The second-order valence-corrected chi connectivity index (χ2v) is 4.44. The van der Waals surface area contributed by atoms with Gasteiger partial charge in [-0.1, -0.05) is 5.16 Å². The molecule has 6 nitrogen and oxygen atoms in total. The summed E-state index contributed by atoms with van der Waals surface area (Å²) in [5, 5.41) is 17.7. The second-order valence-electron chi connectivity index (χ2n) is 4.44. The van der Waals surface area contributed by atoms with Gasteiger partial charge in [0.05, 0.1) is 10.6 Å². The number of nitro benzene ring substituents is 1. The minimum absolute atomic E-state index is 0.0994. The van der Waals surface area contributed by atoms with E-state index in [2.05, 4.69) is 10.5 Å². The number of hydrogen-bond donors (Lipinski definition) is 1. The van der Waals surface area contributed by atoms with Crippen LogP contribution in [-0.2, 0) is 13.1 Å². The molecule has 0 unspecified atom stereocenters. The van der Waals surface area contributed by atoms with Gasteiger partial charge in [0.15, 0.2) is 0 Å². The summed E-state index contributed by atoms with van der Waals surface area (Å²) in [6.45, 7) is 4.26. The molecular formula is C13H14FN3O3. The average molecular weight is 279 g/mol. The van der Waals surface area contributed by atoms with Crippen LogP contribution in [0.1, 0.15) is 22.6 Å². The van der Waals surface area contributed by atoms with Crippen molar-refractivity contribution < 1.29 is 13.8 Å². The fourth-order valence-corrected chi connectivity index (χ4v) is 1.95. The number of rotatable bonds is 5. The Morgan fingerprint density at radius 2 is 2.15 bits per heavy atom. The van der Waals surface area contributed by atoms with Gasteiger partial charge in [-0.25, -0.2) is 4.39 Å². The molecule has 1 heterocycles. The molecule has 1 N–H and O–H groups in total. The Kier molecular flexibility index (Phi) is 4.09. The smallest absolute Gasteiger partial charge is 0.274 e. The third kappa shape index (κ3) is 3.00. The highest BCUT2D eigenvalue weighted by Crippen LogP contribution is 2.19. The summed E-state index contributed by atoms with van der Waals surface area (Å²) in [7, 11) is 0. The first-order valence-corrected chi connectivity index (χ1v) is 6.04. The number of nitrogens with zero attached hydrogens (tertiary/aromatic N) is 2. The molecule has 0 radical (unpaired) electrons. The lowest BCUT2D eigenvalue weighted by molar-refractivity contribution is -0.385.